The molecule has 0 aromatic carbocycles. The van der Waals surface area contributed by atoms with Gasteiger partial charge in [-0.3, -0.25) is 14.4 Å². The summed E-state index contributed by atoms with van der Waals surface area (Å²) in [5, 5.41) is 8.42. The Hall–Kier alpha value is -1.16. The molecule has 3 aliphatic rings. The van der Waals surface area contributed by atoms with Gasteiger partial charge in [0.15, 0.2) is 0 Å². The predicted octanol–water partition coefficient (Wildman–Crippen LogP) is 2.09. The van der Waals surface area contributed by atoms with Crippen LogP contribution < -0.4 is 16.0 Å². The van der Waals surface area contributed by atoms with E-state index in [-0.39, 0.29) is 27.6 Å². The van der Waals surface area contributed by atoms with E-state index in [2.05, 4.69) is 16.0 Å². The molecule has 146 valence electrons. The zero-order valence-corrected chi connectivity index (χ0v) is 17.0. The molecule has 0 aromatic heterocycles. The molecule has 0 aliphatic carbocycles. The molecule has 3 amide bonds. The Bertz CT molecular complexity index is 305. The average Bonchev–Trinajstić information content (AvgIpc) is 3.05. The van der Waals surface area contributed by atoms with Crippen LogP contribution in [0.25, 0.3) is 0 Å². The maximum Gasteiger partial charge on any atom is 0.219 e. The molecule has 3 saturated heterocycles. The molecule has 0 bridgehead atoms. The Morgan fingerprint density at radius 1 is 0.440 bits per heavy atom. The fourth-order valence-electron chi connectivity index (χ4n) is 2.71. The van der Waals surface area contributed by atoms with Crippen LogP contribution in [0.4, 0.5) is 0 Å². The summed E-state index contributed by atoms with van der Waals surface area (Å²) in [6.07, 6.45) is 12.5. The molecule has 0 spiro atoms. The van der Waals surface area contributed by atoms with Crippen LogP contribution in [-0.4, -0.2) is 37.4 Å². The van der Waals surface area contributed by atoms with E-state index in [1.807, 2.05) is 0 Å². The van der Waals surface area contributed by atoms with E-state index in [1.165, 1.54) is 19.3 Å². The van der Waals surface area contributed by atoms with Crippen molar-refractivity contribution < 1.29 is 14.4 Å². The van der Waals surface area contributed by atoms with Gasteiger partial charge in [-0.2, -0.15) is 9.90 Å². The molecule has 0 radical (unpaired) electrons. The Kier molecular flexibility index (Phi) is 15.6. The predicted molar refractivity (Wildman–Crippen MR) is 106 cm³/mol. The number of hydrogen-bond acceptors (Lipinski definition) is 3. The first kappa shape index (κ1) is 23.8. The van der Waals surface area contributed by atoms with Crippen molar-refractivity contribution >= 4 is 27.6 Å². The third-order valence-electron chi connectivity index (χ3n) is 4.21. The van der Waals surface area contributed by atoms with Gasteiger partial charge in [0.25, 0.3) is 0 Å². The number of rotatable bonds is 0. The quantitative estimate of drug-likeness (QED) is 0.568. The number of amides is 3. The fourth-order valence-corrected chi connectivity index (χ4v) is 2.71. The first-order valence-electron chi connectivity index (χ1n) is 9.48. The van der Waals surface area contributed by atoms with Crippen LogP contribution in [0.1, 0.15) is 77.0 Å². The Balaban J connectivity index is 0.000000339. The van der Waals surface area contributed by atoms with Crippen molar-refractivity contribution in [3.05, 3.63) is 0 Å². The van der Waals surface area contributed by atoms with Crippen LogP contribution in [0.3, 0.4) is 0 Å². The topological polar surface area (TPSA) is 87.3 Å². The zero-order chi connectivity index (χ0) is 17.5. The van der Waals surface area contributed by atoms with Crippen molar-refractivity contribution in [2.75, 3.05) is 19.6 Å². The average molecular weight is 373 g/mol. The summed E-state index contributed by atoms with van der Waals surface area (Å²) in [5.41, 5.74) is 0. The molecule has 3 heterocycles. The number of carbonyl (C=O) groups excluding carboxylic acids is 3. The summed E-state index contributed by atoms with van der Waals surface area (Å²) < 4.78 is 0. The fraction of sp³-hybridized carbons (Fsp3) is 0.833. The van der Waals surface area contributed by atoms with Crippen LogP contribution in [0, 0.1) is 0 Å². The summed E-state index contributed by atoms with van der Waals surface area (Å²) in [4.78, 5) is 31.7. The van der Waals surface area contributed by atoms with E-state index in [9.17, 15) is 14.4 Å². The van der Waals surface area contributed by atoms with Crippen LogP contribution in [0.15, 0.2) is 0 Å². The van der Waals surface area contributed by atoms with Crippen LogP contribution in [0.5, 0.6) is 0 Å². The maximum absolute atomic E-state index is 10.6. The van der Waals surface area contributed by atoms with Gasteiger partial charge in [0.05, 0.1) is 0 Å². The van der Waals surface area contributed by atoms with Crippen molar-refractivity contribution in [3.63, 3.8) is 0 Å². The second-order valence-corrected chi connectivity index (χ2v) is 6.48. The van der Waals surface area contributed by atoms with Crippen LogP contribution >= 0.6 is 9.90 Å². The van der Waals surface area contributed by atoms with Gasteiger partial charge >= 0.3 is 0 Å². The lowest BCUT2D eigenvalue weighted by Gasteiger charge is -1.93. The van der Waals surface area contributed by atoms with E-state index in [4.69, 9.17) is 0 Å². The van der Waals surface area contributed by atoms with E-state index in [0.717, 1.165) is 77.4 Å². The highest BCUT2D eigenvalue weighted by molar-refractivity contribution is 6.92. The smallest absolute Gasteiger partial charge is 0.219 e. The number of nitrogens with one attached hydrogen (secondary N) is 3. The third kappa shape index (κ3) is 14.9. The lowest BCUT2D eigenvalue weighted by Crippen LogP contribution is -2.21. The summed E-state index contributed by atoms with van der Waals surface area (Å²) in [5.74, 6) is 0.674. The molecule has 3 aliphatic heterocycles. The molecule has 7 heteroatoms. The molecule has 0 aromatic rings. The number of hydrogen-bond donors (Lipinski definition) is 3. The molecule has 25 heavy (non-hydrogen) atoms. The largest absolute Gasteiger partial charge is 0.356 e. The van der Waals surface area contributed by atoms with Crippen molar-refractivity contribution in [2.24, 2.45) is 0 Å². The lowest BCUT2D eigenvalue weighted by molar-refractivity contribution is -0.121. The van der Waals surface area contributed by atoms with Gasteiger partial charge in [-0.1, -0.05) is 19.3 Å². The minimum Gasteiger partial charge on any atom is -0.356 e. The van der Waals surface area contributed by atoms with Gasteiger partial charge in [0.2, 0.25) is 17.7 Å². The molecule has 6 nitrogen and oxygen atoms in total. The van der Waals surface area contributed by atoms with Gasteiger partial charge in [-0.15, -0.1) is 0 Å². The van der Waals surface area contributed by atoms with Gasteiger partial charge < -0.3 is 16.0 Å². The van der Waals surface area contributed by atoms with Gasteiger partial charge in [-0.25, -0.2) is 0 Å². The summed E-state index contributed by atoms with van der Waals surface area (Å²) in [6, 6.07) is 0. The summed E-state index contributed by atoms with van der Waals surface area (Å²) >= 11 is 0. The van der Waals surface area contributed by atoms with Crippen LogP contribution in [0.2, 0.25) is 0 Å². The van der Waals surface area contributed by atoms with Crippen molar-refractivity contribution in [2.45, 2.75) is 77.0 Å². The highest BCUT2D eigenvalue weighted by Gasteiger charge is 2.04. The minimum atomic E-state index is 0. The van der Waals surface area contributed by atoms with Crippen molar-refractivity contribution in [1.29, 1.82) is 0 Å². The molecule has 3 N–H and O–H groups in total. The molecule has 3 fully saturated rings. The Morgan fingerprint density at radius 2 is 0.720 bits per heavy atom. The highest BCUT2D eigenvalue weighted by atomic mass is 31.0. The van der Waals surface area contributed by atoms with E-state index >= 15 is 0 Å². The zero-order valence-electron chi connectivity index (χ0n) is 15.5. The number of carbonyl (C=O) groups is 3. The van der Waals surface area contributed by atoms with Crippen LogP contribution in [-0.2, 0) is 14.4 Å². The first-order valence-corrected chi connectivity index (χ1v) is 9.48. The van der Waals surface area contributed by atoms with E-state index in [1.54, 1.807) is 0 Å². The normalized spacial score (nSPS) is 20.9. The molecule has 1 unspecified atom stereocenters. The molecular weight excluding hydrogens is 337 g/mol. The Morgan fingerprint density at radius 3 is 1.00 bits per heavy atom. The summed E-state index contributed by atoms with van der Waals surface area (Å²) in [7, 11) is 0. The summed E-state index contributed by atoms with van der Waals surface area (Å²) in [6.45, 7) is 2.66. The third-order valence-corrected chi connectivity index (χ3v) is 4.21. The lowest BCUT2D eigenvalue weighted by atomic mass is 10.2. The SMILES string of the molecule is O=C1CCCCCN1.O=C1CCCCCN1.O=C1CCCCCN1.P. The molecule has 1 atom stereocenters. The second kappa shape index (κ2) is 16.3. The van der Waals surface area contributed by atoms with Gasteiger partial charge in [0.1, 0.15) is 0 Å². The van der Waals surface area contributed by atoms with E-state index in [0.29, 0.717) is 0 Å². The second-order valence-electron chi connectivity index (χ2n) is 6.48. The minimum absolute atomic E-state index is 0. The standard InChI is InChI=1S/3C6H11NO.H3P/c3*8-6-4-2-1-3-5-7-6;/h3*1-5H2,(H,7,8);1H3. The van der Waals surface area contributed by atoms with Crippen molar-refractivity contribution in [1.82, 2.24) is 16.0 Å². The van der Waals surface area contributed by atoms with Gasteiger partial charge in [-0.05, 0) is 38.5 Å². The molecule has 0 saturated carbocycles. The Labute approximate surface area is 155 Å². The maximum atomic E-state index is 10.6. The molecule has 3 rings (SSSR count). The molecular formula is C18H36N3O3P. The van der Waals surface area contributed by atoms with Gasteiger partial charge in [0, 0.05) is 38.9 Å². The first-order chi connectivity index (χ1) is 11.7. The monoisotopic (exact) mass is 373 g/mol. The highest BCUT2D eigenvalue weighted by Crippen LogP contribution is 2.03. The van der Waals surface area contributed by atoms with E-state index < -0.39 is 0 Å². The van der Waals surface area contributed by atoms with Crippen molar-refractivity contribution in [3.8, 4) is 0 Å².